The number of terminal acetylenes is 1. The lowest BCUT2D eigenvalue weighted by molar-refractivity contribution is -0.109. The van der Waals surface area contributed by atoms with Gasteiger partial charge in [0, 0.05) is 38.8 Å². The van der Waals surface area contributed by atoms with Gasteiger partial charge in [-0.25, -0.2) is 0 Å². The van der Waals surface area contributed by atoms with E-state index in [0.717, 1.165) is 44.8 Å². The summed E-state index contributed by atoms with van der Waals surface area (Å²) >= 11 is 0. The molecule has 44 heavy (non-hydrogen) atoms. The van der Waals surface area contributed by atoms with Crippen LogP contribution < -0.4 is 10.6 Å². The zero-order valence-corrected chi connectivity index (χ0v) is 26.6. The quantitative estimate of drug-likeness (QED) is 0.0606. The molecule has 13 nitrogen and oxygen atoms in total. The average molecular weight is 639 g/mol. The van der Waals surface area contributed by atoms with Crippen LogP contribution >= 0.6 is 0 Å². The summed E-state index contributed by atoms with van der Waals surface area (Å²) in [5.74, 6) is 2.44. The standard InChI is InChI=1S/2C12H25NO5.C6H8O.CH4/c2*1-13-3-6-16-8-10-18-12-11-17-9-7-15-5-2-4-14;1-2-3-4-5-6-7;/h2*4,13H,2-3,5-12H2,1H3;1,6H,3-5H2;1H4. The zero-order valence-electron chi connectivity index (χ0n) is 26.6. The second-order valence-corrected chi connectivity index (χ2v) is 8.28. The highest BCUT2D eigenvalue weighted by Gasteiger charge is 1.93. The molecule has 0 saturated carbocycles. The third-order valence-electron chi connectivity index (χ3n) is 4.63. The third-order valence-corrected chi connectivity index (χ3v) is 4.63. The van der Waals surface area contributed by atoms with Gasteiger partial charge in [0.15, 0.2) is 0 Å². The SMILES string of the molecule is C.C#CCCCC=O.CNCCOCCOCCOCCOCCC=O.CNCCOCCOCCOCCOCCC=O. The molecule has 0 saturated heterocycles. The van der Waals surface area contributed by atoms with Crippen molar-refractivity contribution in [2.24, 2.45) is 0 Å². The predicted molar refractivity (Wildman–Crippen MR) is 171 cm³/mol. The van der Waals surface area contributed by atoms with Gasteiger partial charge in [-0.1, -0.05) is 7.43 Å². The van der Waals surface area contributed by atoms with Gasteiger partial charge in [-0.15, -0.1) is 12.3 Å². The van der Waals surface area contributed by atoms with E-state index in [9.17, 15) is 14.4 Å². The lowest BCUT2D eigenvalue weighted by Crippen LogP contribution is -2.17. The van der Waals surface area contributed by atoms with Crippen molar-refractivity contribution in [2.45, 2.75) is 39.5 Å². The van der Waals surface area contributed by atoms with Crippen LogP contribution in [0.4, 0.5) is 0 Å². The van der Waals surface area contributed by atoms with Gasteiger partial charge in [-0.3, -0.25) is 0 Å². The van der Waals surface area contributed by atoms with E-state index in [2.05, 4.69) is 16.6 Å². The summed E-state index contributed by atoms with van der Waals surface area (Å²) < 4.78 is 42.0. The van der Waals surface area contributed by atoms with Gasteiger partial charge in [-0.2, -0.15) is 0 Å². The number of hydrogen-bond donors (Lipinski definition) is 2. The fourth-order valence-electron chi connectivity index (χ4n) is 2.42. The lowest BCUT2D eigenvalue weighted by atomic mass is 10.3. The van der Waals surface area contributed by atoms with Crippen LogP contribution in [0, 0.1) is 12.3 Å². The molecule has 0 rings (SSSR count). The molecule has 0 aromatic carbocycles. The number of likely N-dealkylation sites (N-methyl/N-ethyl adjacent to an activating group) is 2. The number of ether oxygens (including phenoxy) is 8. The molecule has 0 fully saturated rings. The van der Waals surface area contributed by atoms with E-state index in [0.29, 0.717) is 125 Å². The maximum absolute atomic E-state index is 9.98. The van der Waals surface area contributed by atoms with Crippen molar-refractivity contribution in [3.05, 3.63) is 0 Å². The van der Waals surface area contributed by atoms with Gasteiger partial charge in [0.2, 0.25) is 0 Å². The van der Waals surface area contributed by atoms with E-state index in [1.807, 2.05) is 14.1 Å². The Labute approximate surface area is 266 Å². The fraction of sp³-hybridized carbons (Fsp3) is 0.839. The predicted octanol–water partition coefficient (Wildman–Crippen LogP) is 1.35. The first-order chi connectivity index (χ1) is 21.2. The largest absolute Gasteiger partial charge is 0.379 e. The van der Waals surface area contributed by atoms with Crippen LogP contribution in [0.3, 0.4) is 0 Å². The molecule has 13 heteroatoms. The molecule has 0 aliphatic heterocycles. The van der Waals surface area contributed by atoms with Gasteiger partial charge in [0.05, 0.1) is 106 Å². The number of carbonyl (C=O) groups is 3. The van der Waals surface area contributed by atoms with E-state index in [1.165, 1.54) is 0 Å². The molecule has 0 spiro atoms. The van der Waals surface area contributed by atoms with E-state index in [-0.39, 0.29) is 7.43 Å². The van der Waals surface area contributed by atoms with E-state index >= 15 is 0 Å². The molecule has 0 aliphatic rings. The lowest BCUT2D eigenvalue weighted by Gasteiger charge is -2.06. The first kappa shape index (κ1) is 49.1. The molecule has 0 aromatic rings. The van der Waals surface area contributed by atoms with Gasteiger partial charge in [-0.05, 0) is 20.5 Å². The molecule has 0 bridgehead atoms. The Morgan fingerprint density at radius 1 is 0.477 bits per heavy atom. The molecule has 2 N–H and O–H groups in total. The van der Waals surface area contributed by atoms with Gasteiger partial charge < -0.3 is 62.9 Å². The van der Waals surface area contributed by atoms with Crippen molar-refractivity contribution >= 4 is 18.9 Å². The molecule has 0 amide bonds. The van der Waals surface area contributed by atoms with E-state index < -0.39 is 0 Å². The second kappa shape index (κ2) is 53.7. The molecule has 0 aromatic heterocycles. The molecule has 0 unspecified atom stereocenters. The molecule has 0 heterocycles. The summed E-state index contributed by atoms with van der Waals surface area (Å²) in [6.45, 7) is 10.7. The maximum atomic E-state index is 9.98. The Morgan fingerprint density at radius 3 is 1.00 bits per heavy atom. The average Bonchev–Trinajstić information content (AvgIpc) is 3.02. The van der Waals surface area contributed by atoms with Crippen molar-refractivity contribution in [1.29, 1.82) is 0 Å². The number of nitrogens with one attached hydrogen (secondary N) is 2. The highest BCUT2D eigenvalue weighted by molar-refractivity contribution is 5.49. The third kappa shape index (κ3) is 59.6. The van der Waals surface area contributed by atoms with E-state index in [1.54, 1.807) is 0 Å². The monoisotopic (exact) mass is 638 g/mol. The number of carbonyl (C=O) groups excluding carboxylic acids is 3. The second-order valence-electron chi connectivity index (χ2n) is 8.28. The molecule has 0 atom stereocenters. The Hall–Kier alpha value is -1.83. The first-order valence-corrected chi connectivity index (χ1v) is 14.9. The topological polar surface area (TPSA) is 149 Å². The molecule has 0 radical (unpaired) electrons. The van der Waals surface area contributed by atoms with E-state index in [4.69, 9.17) is 44.3 Å². The minimum absolute atomic E-state index is 0. The normalized spacial score (nSPS) is 9.93. The summed E-state index contributed by atoms with van der Waals surface area (Å²) in [7, 11) is 3.78. The highest BCUT2D eigenvalue weighted by atomic mass is 16.6. The molecule has 262 valence electrons. The van der Waals surface area contributed by atoms with Crippen LogP contribution in [0.1, 0.15) is 39.5 Å². The van der Waals surface area contributed by atoms with Crippen molar-refractivity contribution in [1.82, 2.24) is 10.6 Å². The number of rotatable bonds is 33. The van der Waals surface area contributed by atoms with Gasteiger partial charge in [0.1, 0.15) is 18.9 Å². The van der Waals surface area contributed by atoms with Crippen molar-refractivity contribution in [2.75, 3.05) is 133 Å². The highest BCUT2D eigenvalue weighted by Crippen LogP contribution is 1.87. The van der Waals surface area contributed by atoms with Crippen LogP contribution in [-0.4, -0.2) is 152 Å². The number of unbranched alkanes of at least 4 members (excludes halogenated alkanes) is 2. The molecular weight excluding hydrogens is 576 g/mol. The van der Waals surface area contributed by atoms with Crippen LogP contribution in [0.25, 0.3) is 0 Å². The summed E-state index contributed by atoms with van der Waals surface area (Å²) in [5.41, 5.74) is 0. The summed E-state index contributed by atoms with van der Waals surface area (Å²) in [6.07, 6.45) is 10.5. The summed E-state index contributed by atoms with van der Waals surface area (Å²) in [4.78, 5) is 29.6. The molecule has 0 aliphatic carbocycles. The molecular formula is C31H62N2O11. The van der Waals surface area contributed by atoms with Crippen LogP contribution in [-0.2, 0) is 52.3 Å². The van der Waals surface area contributed by atoms with Crippen LogP contribution in [0.15, 0.2) is 0 Å². The maximum Gasteiger partial charge on any atom is 0.122 e. The Morgan fingerprint density at radius 2 is 0.750 bits per heavy atom. The van der Waals surface area contributed by atoms with Crippen molar-refractivity contribution < 1.29 is 52.3 Å². The Kier molecular flexibility index (Phi) is 59.9. The van der Waals surface area contributed by atoms with Crippen molar-refractivity contribution in [3.63, 3.8) is 0 Å². The van der Waals surface area contributed by atoms with Crippen LogP contribution in [0.2, 0.25) is 0 Å². The zero-order chi connectivity index (χ0) is 32.2. The minimum atomic E-state index is 0. The summed E-state index contributed by atoms with van der Waals surface area (Å²) in [5, 5.41) is 5.99. The number of hydrogen-bond acceptors (Lipinski definition) is 13. The summed E-state index contributed by atoms with van der Waals surface area (Å²) in [6, 6.07) is 0. The van der Waals surface area contributed by atoms with Crippen LogP contribution in [0.5, 0.6) is 0 Å². The first-order valence-electron chi connectivity index (χ1n) is 14.9. The Bertz CT molecular complexity index is 531. The number of aldehydes is 3. The van der Waals surface area contributed by atoms with Gasteiger partial charge in [0.25, 0.3) is 0 Å². The fourth-order valence-corrected chi connectivity index (χ4v) is 2.42. The Balaban J connectivity index is -0.000000294. The minimum Gasteiger partial charge on any atom is -0.379 e. The van der Waals surface area contributed by atoms with Crippen molar-refractivity contribution in [3.8, 4) is 12.3 Å². The smallest absolute Gasteiger partial charge is 0.122 e. The van der Waals surface area contributed by atoms with Gasteiger partial charge >= 0.3 is 0 Å².